The number of hydrogen-bond acceptors (Lipinski definition) is 4. The van der Waals surface area contributed by atoms with Crippen molar-refractivity contribution in [3.8, 4) is 67.2 Å². The number of benzene rings is 7. The van der Waals surface area contributed by atoms with Crippen LogP contribution in [0.25, 0.3) is 89.1 Å². The first kappa shape index (κ1) is 29.5. The van der Waals surface area contributed by atoms with E-state index in [9.17, 15) is 0 Å². The Morgan fingerprint density at radius 2 is 0.824 bits per heavy atom. The number of para-hydroxylation sites is 2. The lowest BCUT2D eigenvalue weighted by atomic mass is 9.95. The first-order chi connectivity index (χ1) is 25.2. The van der Waals surface area contributed by atoms with Gasteiger partial charge < -0.3 is 0 Å². The van der Waals surface area contributed by atoms with Crippen molar-refractivity contribution >= 4 is 33.7 Å². The molecule has 0 fully saturated rings. The molecule has 1 aliphatic heterocycles. The Morgan fingerprint density at radius 1 is 0.314 bits per heavy atom. The van der Waals surface area contributed by atoms with Crippen molar-refractivity contribution in [2.24, 2.45) is 0 Å². The molecule has 0 saturated carbocycles. The smallest absolute Gasteiger partial charge is 0.0973 e. The van der Waals surface area contributed by atoms with E-state index in [1.54, 1.807) is 0 Å². The van der Waals surface area contributed by atoms with Gasteiger partial charge in [-0.25, -0.2) is 15.0 Å². The van der Waals surface area contributed by atoms with Crippen LogP contribution in [0.2, 0.25) is 0 Å². The van der Waals surface area contributed by atoms with Crippen molar-refractivity contribution in [1.82, 2.24) is 15.0 Å². The van der Waals surface area contributed by atoms with Gasteiger partial charge in [-0.3, -0.25) is 0 Å². The van der Waals surface area contributed by atoms with Gasteiger partial charge >= 0.3 is 0 Å². The molecular formula is C47H29N3S. The lowest BCUT2D eigenvalue weighted by Gasteiger charge is -2.20. The van der Waals surface area contributed by atoms with Crippen LogP contribution in [-0.4, -0.2) is 15.0 Å². The molecule has 0 saturated heterocycles. The number of pyridine rings is 1. The molecule has 0 unspecified atom stereocenters. The summed E-state index contributed by atoms with van der Waals surface area (Å²) < 4.78 is 0. The molecule has 10 rings (SSSR count). The minimum absolute atomic E-state index is 0.885. The fourth-order valence-corrected chi connectivity index (χ4v) is 8.26. The van der Waals surface area contributed by atoms with E-state index < -0.39 is 0 Å². The molecule has 0 bridgehead atoms. The molecule has 0 aliphatic carbocycles. The van der Waals surface area contributed by atoms with E-state index in [1.165, 1.54) is 31.9 Å². The van der Waals surface area contributed by atoms with E-state index in [-0.39, 0.29) is 0 Å². The van der Waals surface area contributed by atoms with E-state index in [0.717, 1.165) is 67.0 Å². The van der Waals surface area contributed by atoms with Gasteiger partial charge in [0.05, 0.1) is 33.6 Å². The van der Waals surface area contributed by atoms with Crippen molar-refractivity contribution in [1.29, 1.82) is 0 Å². The maximum atomic E-state index is 5.15. The minimum atomic E-state index is 0.885. The maximum Gasteiger partial charge on any atom is 0.0973 e. The van der Waals surface area contributed by atoms with Gasteiger partial charge in [0.1, 0.15) is 0 Å². The van der Waals surface area contributed by atoms with Crippen molar-refractivity contribution in [2.75, 3.05) is 0 Å². The molecule has 0 amide bonds. The normalized spacial score (nSPS) is 11.8. The average molecular weight is 668 g/mol. The SMILES string of the molecule is c1ccc(-c2nc3ccccc3nc2-c2ccc(-c3ccc(-c4cccc(-c5cc6c7c(cccc7n5)Sc5ccccc5-6)c4)cc3)cc2)cc1. The highest BCUT2D eigenvalue weighted by atomic mass is 32.2. The second kappa shape index (κ2) is 12.2. The van der Waals surface area contributed by atoms with Gasteiger partial charge in [-0.1, -0.05) is 145 Å². The second-order valence-corrected chi connectivity index (χ2v) is 13.9. The molecule has 0 radical (unpaired) electrons. The standard InChI is InChI=1S/C47H29N3S/c1-2-10-33(11-3-1)46-47(50-40-16-6-5-15-39(40)49-46)34-26-24-31(25-27-34)30-20-22-32(23-21-30)35-12-8-13-36(28-35)42-29-38-37-14-4-7-18-43(37)51-44-19-9-17-41(48-42)45(38)44/h1-29H. The summed E-state index contributed by atoms with van der Waals surface area (Å²) in [4.78, 5) is 17.8. The van der Waals surface area contributed by atoms with Crippen LogP contribution in [0.1, 0.15) is 0 Å². The molecule has 51 heavy (non-hydrogen) atoms. The van der Waals surface area contributed by atoms with Gasteiger partial charge in [0, 0.05) is 31.9 Å². The Balaban J connectivity index is 0.963. The van der Waals surface area contributed by atoms with Crippen LogP contribution < -0.4 is 0 Å². The van der Waals surface area contributed by atoms with Gasteiger partial charge in [0.2, 0.25) is 0 Å². The summed E-state index contributed by atoms with van der Waals surface area (Å²) >= 11 is 1.83. The van der Waals surface area contributed by atoms with Crippen LogP contribution in [0.4, 0.5) is 0 Å². The van der Waals surface area contributed by atoms with E-state index in [2.05, 4.69) is 133 Å². The highest BCUT2D eigenvalue weighted by Gasteiger charge is 2.21. The third kappa shape index (κ3) is 5.29. The lowest BCUT2D eigenvalue weighted by Crippen LogP contribution is -1.96. The highest BCUT2D eigenvalue weighted by molar-refractivity contribution is 7.99. The average Bonchev–Trinajstić information content (AvgIpc) is 3.21. The Morgan fingerprint density at radius 3 is 1.55 bits per heavy atom. The molecule has 0 N–H and O–H groups in total. The molecule has 0 spiro atoms. The molecule has 3 heterocycles. The predicted octanol–water partition coefficient (Wildman–Crippen LogP) is 12.6. The number of nitrogens with zero attached hydrogens (tertiary/aromatic N) is 3. The zero-order chi connectivity index (χ0) is 33.7. The van der Waals surface area contributed by atoms with E-state index >= 15 is 0 Å². The minimum Gasteiger partial charge on any atom is -0.248 e. The number of rotatable bonds is 5. The number of hydrogen-bond donors (Lipinski definition) is 0. The van der Waals surface area contributed by atoms with Gasteiger partial charge in [-0.05, 0) is 75.8 Å². The predicted molar refractivity (Wildman–Crippen MR) is 212 cm³/mol. The molecule has 238 valence electrons. The third-order valence-electron chi connectivity index (χ3n) is 9.68. The monoisotopic (exact) mass is 667 g/mol. The van der Waals surface area contributed by atoms with Crippen molar-refractivity contribution in [2.45, 2.75) is 9.79 Å². The van der Waals surface area contributed by atoms with Crippen LogP contribution in [0.15, 0.2) is 186 Å². The number of aromatic nitrogens is 3. The first-order valence-electron chi connectivity index (χ1n) is 17.1. The fourth-order valence-electron chi connectivity index (χ4n) is 7.13. The van der Waals surface area contributed by atoms with Crippen LogP contribution in [0.3, 0.4) is 0 Å². The molecular weight excluding hydrogens is 639 g/mol. The Hall–Kier alpha value is -6.36. The van der Waals surface area contributed by atoms with Crippen molar-refractivity contribution in [3.05, 3.63) is 176 Å². The summed E-state index contributed by atoms with van der Waals surface area (Å²) in [6, 6.07) is 62.0. The molecule has 2 aromatic heterocycles. The lowest BCUT2D eigenvalue weighted by molar-refractivity contribution is 1.29. The van der Waals surface area contributed by atoms with Gasteiger partial charge in [0.15, 0.2) is 0 Å². The van der Waals surface area contributed by atoms with Gasteiger partial charge in [-0.15, -0.1) is 0 Å². The summed E-state index contributed by atoms with van der Waals surface area (Å²) in [7, 11) is 0. The number of fused-ring (bicyclic) bond motifs is 3. The van der Waals surface area contributed by atoms with E-state index in [4.69, 9.17) is 15.0 Å². The Bertz CT molecular complexity index is 2760. The molecule has 3 nitrogen and oxygen atoms in total. The summed E-state index contributed by atoms with van der Waals surface area (Å²) in [6.07, 6.45) is 0. The van der Waals surface area contributed by atoms with E-state index in [0.29, 0.717) is 0 Å². The topological polar surface area (TPSA) is 38.7 Å². The molecule has 1 aliphatic rings. The second-order valence-electron chi connectivity index (χ2n) is 12.8. The maximum absolute atomic E-state index is 5.15. The molecule has 7 aromatic carbocycles. The largest absolute Gasteiger partial charge is 0.248 e. The van der Waals surface area contributed by atoms with Crippen molar-refractivity contribution in [3.63, 3.8) is 0 Å². The van der Waals surface area contributed by atoms with Crippen LogP contribution in [0, 0.1) is 0 Å². The van der Waals surface area contributed by atoms with Gasteiger partial charge in [-0.2, -0.15) is 0 Å². The Labute approximate surface area is 300 Å². The van der Waals surface area contributed by atoms with Gasteiger partial charge in [0.25, 0.3) is 0 Å². The molecule has 9 aromatic rings. The highest BCUT2D eigenvalue weighted by Crippen LogP contribution is 2.48. The van der Waals surface area contributed by atoms with Crippen molar-refractivity contribution < 1.29 is 0 Å². The summed E-state index contributed by atoms with van der Waals surface area (Å²) in [5.74, 6) is 0. The summed E-state index contributed by atoms with van der Waals surface area (Å²) in [5, 5.41) is 1.24. The summed E-state index contributed by atoms with van der Waals surface area (Å²) in [6.45, 7) is 0. The summed E-state index contributed by atoms with van der Waals surface area (Å²) in [5.41, 5.74) is 16.0. The quantitative estimate of drug-likeness (QED) is 0.183. The fraction of sp³-hybridized carbons (Fsp3) is 0. The van der Waals surface area contributed by atoms with E-state index in [1.807, 2.05) is 54.2 Å². The Kier molecular flexibility index (Phi) is 7.07. The zero-order valence-corrected chi connectivity index (χ0v) is 28.3. The molecule has 4 heteroatoms. The van der Waals surface area contributed by atoms with Crippen LogP contribution in [-0.2, 0) is 0 Å². The van der Waals surface area contributed by atoms with Crippen LogP contribution in [0.5, 0.6) is 0 Å². The first-order valence-corrected chi connectivity index (χ1v) is 17.9. The third-order valence-corrected chi connectivity index (χ3v) is 10.8. The zero-order valence-electron chi connectivity index (χ0n) is 27.5. The van der Waals surface area contributed by atoms with Crippen LogP contribution >= 0.6 is 11.8 Å². The molecule has 0 atom stereocenters.